The Morgan fingerprint density at radius 3 is 2.89 bits per heavy atom. The molecule has 0 aliphatic carbocycles. The number of methoxy groups -OCH3 is 1. The van der Waals surface area contributed by atoms with E-state index in [1.807, 2.05) is 12.1 Å². The maximum Gasteiger partial charge on any atom is 0.252 e. The molecule has 0 saturated carbocycles. The zero-order chi connectivity index (χ0) is 14.5. The lowest BCUT2D eigenvalue weighted by Gasteiger charge is -2.23. The second-order valence-electron chi connectivity index (χ2n) is 4.55. The summed E-state index contributed by atoms with van der Waals surface area (Å²) < 4.78 is 6.64. The van der Waals surface area contributed by atoms with Crippen molar-refractivity contribution in [2.24, 2.45) is 0 Å². The zero-order valence-electron chi connectivity index (χ0n) is 10.9. The molecule has 1 atom stereocenters. The van der Waals surface area contributed by atoms with Crippen molar-refractivity contribution in [2.45, 2.75) is 18.9 Å². The van der Waals surface area contributed by atoms with Crippen molar-refractivity contribution < 1.29 is 14.6 Å². The zero-order valence-corrected chi connectivity index (χ0v) is 14.6. The van der Waals surface area contributed by atoms with E-state index in [1.54, 1.807) is 20.1 Å². The van der Waals surface area contributed by atoms with Crippen molar-refractivity contribution in [1.82, 2.24) is 5.32 Å². The number of aliphatic hydroxyl groups is 1. The molecule has 4 nitrogen and oxygen atoms in total. The molecule has 0 radical (unpaired) electrons. The minimum absolute atomic E-state index is 0.188. The van der Waals surface area contributed by atoms with Crippen LogP contribution in [0.3, 0.4) is 0 Å². The topological polar surface area (TPSA) is 58.6 Å². The van der Waals surface area contributed by atoms with Gasteiger partial charge in [0.25, 0.3) is 5.91 Å². The molecule has 1 rings (SSSR count). The fourth-order valence-corrected chi connectivity index (χ4v) is 2.37. The highest BCUT2D eigenvalue weighted by atomic mass is 127. The van der Waals surface area contributed by atoms with Crippen molar-refractivity contribution in [3.8, 4) is 0 Å². The molecule has 1 aromatic carbocycles. The van der Waals surface area contributed by atoms with E-state index >= 15 is 0 Å². The van der Waals surface area contributed by atoms with Crippen LogP contribution in [0.2, 0.25) is 0 Å². The molecule has 1 aromatic rings. The summed E-state index contributed by atoms with van der Waals surface area (Å²) in [6, 6.07) is 5.54. The molecular formula is C13H17BrINO3. The SMILES string of the molecule is COCCC(C)(O)CNC(=O)c1cc(I)ccc1Br. The Morgan fingerprint density at radius 1 is 1.58 bits per heavy atom. The van der Waals surface area contributed by atoms with Gasteiger partial charge in [0.1, 0.15) is 0 Å². The molecule has 0 heterocycles. The normalized spacial score (nSPS) is 13.9. The number of rotatable bonds is 6. The van der Waals surface area contributed by atoms with Gasteiger partial charge in [0, 0.05) is 34.7 Å². The Kier molecular flexibility index (Phi) is 6.72. The Hall–Kier alpha value is -0.180. The lowest BCUT2D eigenvalue weighted by atomic mass is 10.0. The Labute approximate surface area is 135 Å². The van der Waals surface area contributed by atoms with Gasteiger partial charge in [-0.3, -0.25) is 4.79 Å². The van der Waals surface area contributed by atoms with Gasteiger partial charge in [-0.15, -0.1) is 0 Å². The van der Waals surface area contributed by atoms with E-state index in [4.69, 9.17) is 4.74 Å². The molecule has 1 amide bonds. The summed E-state index contributed by atoms with van der Waals surface area (Å²) in [4.78, 5) is 12.1. The summed E-state index contributed by atoms with van der Waals surface area (Å²) in [5.74, 6) is -0.205. The molecule has 1 unspecified atom stereocenters. The molecule has 0 fully saturated rings. The third kappa shape index (κ3) is 5.76. The summed E-state index contributed by atoms with van der Waals surface area (Å²) >= 11 is 5.50. The Morgan fingerprint density at radius 2 is 2.26 bits per heavy atom. The molecule has 0 saturated heterocycles. The first kappa shape index (κ1) is 16.9. The van der Waals surface area contributed by atoms with Gasteiger partial charge in [-0.25, -0.2) is 0 Å². The monoisotopic (exact) mass is 441 g/mol. The maximum absolute atomic E-state index is 12.1. The molecule has 0 aliphatic rings. The second kappa shape index (κ2) is 7.56. The van der Waals surface area contributed by atoms with Crippen LogP contribution in [0.4, 0.5) is 0 Å². The van der Waals surface area contributed by atoms with E-state index < -0.39 is 5.60 Å². The molecule has 2 N–H and O–H groups in total. The van der Waals surface area contributed by atoms with Crippen molar-refractivity contribution in [1.29, 1.82) is 0 Å². The molecule has 106 valence electrons. The summed E-state index contributed by atoms with van der Waals surface area (Å²) in [5, 5.41) is 12.8. The third-order valence-corrected chi connectivity index (χ3v) is 4.01. The van der Waals surface area contributed by atoms with Crippen LogP contribution in [0.15, 0.2) is 22.7 Å². The van der Waals surface area contributed by atoms with Gasteiger partial charge < -0.3 is 15.2 Å². The minimum atomic E-state index is -0.972. The number of benzene rings is 1. The highest BCUT2D eigenvalue weighted by molar-refractivity contribution is 14.1. The molecule has 0 aromatic heterocycles. The van der Waals surface area contributed by atoms with E-state index in [-0.39, 0.29) is 12.5 Å². The number of hydrogen-bond donors (Lipinski definition) is 2. The van der Waals surface area contributed by atoms with Gasteiger partial charge in [0.2, 0.25) is 0 Å². The average Bonchev–Trinajstić information content (AvgIpc) is 2.36. The summed E-state index contributed by atoms with van der Waals surface area (Å²) in [5.41, 5.74) is -0.408. The van der Waals surface area contributed by atoms with Crippen molar-refractivity contribution >= 4 is 44.4 Å². The van der Waals surface area contributed by atoms with Gasteiger partial charge in [0.05, 0.1) is 11.2 Å². The first-order valence-electron chi connectivity index (χ1n) is 5.80. The van der Waals surface area contributed by atoms with Crippen molar-refractivity contribution in [2.75, 3.05) is 20.3 Å². The second-order valence-corrected chi connectivity index (χ2v) is 6.65. The van der Waals surface area contributed by atoms with E-state index in [0.717, 1.165) is 8.04 Å². The number of ether oxygens (including phenoxy) is 1. The van der Waals surface area contributed by atoms with Crippen molar-refractivity contribution in [3.05, 3.63) is 31.8 Å². The fraction of sp³-hybridized carbons (Fsp3) is 0.462. The first-order chi connectivity index (χ1) is 8.85. The van der Waals surface area contributed by atoms with Gasteiger partial charge in [-0.2, -0.15) is 0 Å². The quantitative estimate of drug-likeness (QED) is 0.667. The number of amides is 1. The number of nitrogens with one attached hydrogen (secondary N) is 1. The number of carbonyl (C=O) groups excluding carboxylic acids is 1. The highest BCUT2D eigenvalue weighted by Crippen LogP contribution is 2.19. The molecule has 19 heavy (non-hydrogen) atoms. The molecule has 0 aliphatic heterocycles. The van der Waals surface area contributed by atoms with E-state index in [2.05, 4.69) is 43.8 Å². The van der Waals surface area contributed by atoms with E-state index in [1.165, 1.54) is 0 Å². The summed E-state index contributed by atoms with van der Waals surface area (Å²) in [7, 11) is 1.58. The van der Waals surface area contributed by atoms with E-state index in [9.17, 15) is 9.90 Å². The van der Waals surface area contributed by atoms with Crippen LogP contribution in [-0.2, 0) is 4.74 Å². The molecular weight excluding hydrogens is 425 g/mol. The lowest BCUT2D eigenvalue weighted by molar-refractivity contribution is 0.0243. The number of carbonyl (C=O) groups is 1. The standard InChI is InChI=1S/C13H17BrINO3/c1-13(18,5-6-19-2)8-16-12(17)10-7-9(15)3-4-11(10)14/h3-4,7,18H,5-6,8H2,1-2H3,(H,16,17). The maximum atomic E-state index is 12.1. The third-order valence-electron chi connectivity index (χ3n) is 2.65. The number of halogens is 2. The molecule has 0 bridgehead atoms. The van der Waals surface area contributed by atoms with Crippen LogP contribution in [0.5, 0.6) is 0 Å². The Bertz CT molecular complexity index is 452. The van der Waals surface area contributed by atoms with Crippen LogP contribution < -0.4 is 5.32 Å². The molecule has 6 heteroatoms. The smallest absolute Gasteiger partial charge is 0.252 e. The lowest BCUT2D eigenvalue weighted by Crippen LogP contribution is -2.41. The predicted octanol–water partition coefficient (Wildman–Crippen LogP) is 2.57. The van der Waals surface area contributed by atoms with Crippen LogP contribution in [-0.4, -0.2) is 36.9 Å². The largest absolute Gasteiger partial charge is 0.388 e. The van der Waals surface area contributed by atoms with Crippen molar-refractivity contribution in [3.63, 3.8) is 0 Å². The van der Waals surface area contributed by atoms with Crippen LogP contribution in [0.1, 0.15) is 23.7 Å². The van der Waals surface area contributed by atoms with Gasteiger partial charge in [0.15, 0.2) is 0 Å². The number of hydrogen-bond acceptors (Lipinski definition) is 3. The van der Waals surface area contributed by atoms with Crippen LogP contribution >= 0.6 is 38.5 Å². The summed E-state index contributed by atoms with van der Waals surface area (Å²) in [6.45, 7) is 2.32. The predicted molar refractivity (Wildman–Crippen MR) is 86.3 cm³/mol. The first-order valence-corrected chi connectivity index (χ1v) is 7.67. The van der Waals surface area contributed by atoms with E-state index in [0.29, 0.717) is 18.6 Å². The minimum Gasteiger partial charge on any atom is -0.388 e. The average molecular weight is 442 g/mol. The van der Waals surface area contributed by atoms with Gasteiger partial charge >= 0.3 is 0 Å². The fourth-order valence-electron chi connectivity index (χ4n) is 1.45. The highest BCUT2D eigenvalue weighted by Gasteiger charge is 2.21. The molecule has 0 spiro atoms. The summed E-state index contributed by atoms with van der Waals surface area (Å²) in [6.07, 6.45) is 0.470. The van der Waals surface area contributed by atoms with Gasteiger partial charge in [-0.05, 0) is 63.6 Å². The van der Waals surface area contributed by atoms with Gasteiger partial charge in [-0.1, -0.05) is 0 Å². The Balaban J connectivity index is 2.62. The van der Waals surface area contributed by atoms with Crippen LogP contribution in [0, 0.1) is 3.57 Å². The van der Waals surface area contributed by atoms with Crippen LogP contribution in [0.25, 0.3) is 0 Å².